The molecule has 2 heterocycles. The van der Waals surface area contributed by atoms with E-state index in [1.807, 2.05) is 23.9 Å². The number of nitrogens with zero attached hydrogens (tertiary/aromatic N) is 1. The van der Waals surface area contributed by atoms with Crippen LogP contribution >= 0.6 is 11.8 Å². The molecule has 0 saturated heterocycles. The molecule has 0 aromatic heterocycles. The van der Waals surface area contributed by atoms with Crippen molar-refractivity contribution in [3.8, 4) is 0 Å². The number of rotatable bonds is 4. The topological polar surface area (TPSA) is 70.7 Å². The molecule has 0 bridgehead atoms. The summed E-state index contributed by atoms with van der Waals surface area (Å²) in [5, 5.41) is 5.52. The smallest absolute Gasteiger partial charge is 0.337 e. The van der Waals surface area contributed by atoms with Gasteiger partial charge in [-0.05, 0) is 26.0 Å². The summed E-state index contributed by atoms with van der Waals surface area (Å²) < 4.78 is 5.17. The number of para-hydroxylation sites is 1. The highest BCUT2D eigenvalue weighted by Crippen LogP contribution is 2.34. The Morgan fingerprint density at radius 3 is 3.00 bits per heavy atom. The molecule has 0 radical (unpaired) electrons. The maximum atomic E-state index is 12.3. The average Bonchev–Trinajstić information content (AvgIpc) is 2.55. The molecule has 3 rings (SSSR count). The van der Waals surface area contributed by atoms with Crippen LogP contribution in [-0.2, 0) is 9.53 Å². The van der Waals surface area contributed by atoms with Crippen molar-refractivity contribution in [1.82, 2.24) is 10.6 Å². The fraction of sp³-hybridized carbons (Fsp3) is 0.412. The van der Waals surface area contributed by atoms with Gasteiger partial charge in [-0.2, -0.15) is 0 Å². The van der Waals surface area contributed by atoms with Crippen LogP contribution in [0.15, 0.2) is 40.4 Å². The zero-order valence-electron chi connectivity index (χ0n) is 13.8. The largest absolute Gasteiger partial charge is 0.463 e. The third kappa shape index (κ3) is 3.36. The summed E-state index contributed by atoms with van der Waals surface area (Å²) >= 11 is 1.82. The van der Waals surface area contributed by atoms with Gasteiger partial charge in [-0.25, -0.2) is 9.59 Å². The predicted molar refractivity (Wildman–Crippen MR) is 94.2 cm³/mol. The van der Waals surface area contributed by atoms with Crippen LogP contribution in [0.5, 0.6) is 0 Å². The van der Waals surface area contributed by atoms with E-state index in [1.165, 1.54) is 4.90 Å². The molecule has 1 aromatic rings. The van der Waals surface area contributed by atoms with Crippen LogP contribution in [0.1, 0.15) is 13.8 Å². The van der Waals surface area contributed by atoms with Gasteiger partial charge in [0.25, 0.3) is 0 Å². The number of benzene rings is 1. The Kier molecular flexibility index (Phi) is 4.99. The van der Waals surface area contributed by atoms with Gasteiger partial charge in [0.15, 0.2) is 0 Å². The lowest BCUT2D eigenvalue weighted by Gasteiger charge is -2.34. The number of fused-ring (bicyclic) bond motifs is 1. The highest BCUT2D eigenvalue weighted by molar-refractivity contribution is 7.99. The summed E-state index contributed by atoms with van der Waals surface area (Å²) in [6.07, 6.45) is 0. The van der Waals surface area contributed by atoms with Gasteiger partial charge in [0.05, 0.1) is 36.2 Å². The molecule has 24 heavy (non-hydrogen) atoms. The SMILES string of the molecule is CCOC(=O)C1=C(CN2CCSc3ccccc32)NC(=O)NC1C. The number of urea groups is 1. The number of anilines is 1. The number of hydrogen-bond donors (Lipinski definition) is 2. The highest BCUT2D eigenvalue weighted by atomic mass is 32.2. The number of carbonyl (C=O) groups is 2. The molecule has 1 aromatic carbocycles. The lowest BCUT2D eigenvalue weighted by Crippen LogP contribution is -2.51. The number of ether oxygens (including phenoxy) is 1. The Bertz CT molecular complexity index is 689. The van der Waals surface area contributed by atoms with Gasteiger partial charge in [-0.15, -0.1) is 11.8 Å². The minimum absolute atomic E-state index is 0.287. The van der Waals surface area contributed by atoms with E-state index >= 15 is 0 Å². The third-order valence-corrected chi connectivity index (χ3v) is 5.08. The molecule has 0 spiro atoms. The number of carbonyl (C=O) groups excluding carboxylic acids is 2. The number of esters is 1. The van der Waals surface area contributed by atoms with E-state index in [1.54, 1.807) is 13.8 Å². The first-order valence-corrected chi connectivity index (χ1v) is 9.03. The van der Waals surface area contributed by atoms with Crippen molar-refractivity contribution in [2.45, 2.75) is 24.8 Å². The summed E-state index contributed by atoms with van der Waals surface area (Å²) in [6, 6.07) is 7.52. The molecule has 128 valence electrons. The van der Waals surface area contributed by atoms with E-state index in [2.05, 4.69) is 27.7 Å². The molecule has 7 heteroatoms. The van der Waals surface area contributed by atoms with Crippen molar-refractivity contribution in [3.63, 3.8) is 0 Å². The summed E-state index contributed by atoms with van der Waals surface area (Å²) in [4.78, 5) is 27.6. The van der Waals surface area contributed by atoms with Gasteiger partial charge in [0, 0.05) is 17.2 Å². The van der Waals surface area contributed by atoms with Gasteiger partial charge in [-0.1, -0.05) is 12.1 Å². The molecule has 2 aliphatic rings. The fourth-order valence-corrected chi connectivity index (χ4v) is 4.04. The number of amides is 2. The van der Waals surface area contributed by atoms with Crippen LogP contribution in [0.2, 0.25) is 0 Å². The second-order valence-corrected chi connectivity index (χ2v) is 6.81. The normalized spacial score (nSPS) is 20.2. The summed E-state index contributed by atoms with van der Waals surface area (Å²) in [5.41, 5.74) is 2.24. The lowest BCUT2D eigenvalue weighted by molar-refractivity contribution is -0.138. The summed E-state index contributed by atoms with van der Waals surface area (Å²) in [6.45, 7) is 5.21. The van der Waals surface area contributed by atoms with E-state index in [0.717, 1.165) is 18.0 Å². The van der Waals surface area contributed by atoms with Crippen molar-refractivity contribution in [3.05, 3.63) is 35.5 Å². The second-order valence-electron chi connectivity index (χ2n) is 5.67. The Balaban J connectivity index is 1.92. The monoisotopic (exact) mass is 347 g/mol. The number of thioether (sulfide) groups is 1. The molecule has 0 fully saturated rings. The molecule has 0 aliphatic carbocycles. The zero-order chi connectivity index (χ0) is 17.1. The van der Waals surface area contributed by atoms with Gasteiger partial charge in [-0.3, -0.25) is 0 Å². The Hall–Kier alpha value is -2.15. The van der Waals surface area contributed by atoms with Crippen LogP contribution in [0.4, 0.5) is 10.5 Å². The molecular weight excluding hydrogens is 326 g/mol. The standard InChI is InChI=1S/C17H21N3O3S/c1-3-23-16(21)15-11(2)18-17(22)19-12(15)10-20-8-9-24-14-7-5-4-6-13(14)20/h4-7,11H,3,8-10H2,1-2H3,(H2,18,19,22). The quantitative estimate of drug-likeness (QED) is 0.817. The molecule has 6 nitrogen and oxygen atoms in total. The summed E-state index contributed by atoms with van der Waals surface area (Å²) in [7, 11) is 0. The maximum absolute atomic E-state index is 12.3. The van der Waals surface area contributed by atoms with Gasteiger partial charge >= 0.3 is 12.0 Å². The molecular formula is C17H21N3O3S. The maximum Gasteiger partial charge on any atom is 0.337 e. The van der Waals surface area contributed by atoms with Gasteiger partial charge in [0.2, 0.25) is 0 Å². The van der Waals surface area contributed by atoms with E-state index < -0.39 is 0 Å². The van der Waals surface area contributed by atoms with Crippen molar-refractivity contribution >= 4 is 29.4 Å². The average molecular weight is 347 g/mol. The highest BCUT2D eigenvalue weighted by Gasteiger charge is 2.31. The van der Waals surface area contributed by atoms with Crippen LogP contribution < -0.4 is 15.5 Å². The number of hydrogen-bond acceptors (Lipinski definition) is 5. The lowest BCUT2D eigenvalue weighted by atomic mass is 10.0. The van der Waals surface area contributed by atoms with Crippen LogP contribution in [0.25, 0.3) is 0 Å². The van der Waals surface area contributed by atoms with Crippen molar-refractivity contribution in [2.75, 3.05) is 30.3 Å². The van der Waals surface area contributed by atoms with E-state index in [-0.39, 0.29) is 18.0 Å². The van der Waals surface area contributed by atoms with E-state index in [0.29, 0.717) is 24.4 Å². The molecule has 1 atom stereocenters. The first-order valence-electron chi connectivity index (χ1n) is 8.04. The van der Waals surface area contributed by atoms with Crippen LogP contribution in [0.3, 0.4) is 0 Å². The van der Waals surface area contributed by atoms with Crippen molar-refractivity contribution in [2.24, 2.45) is 0 Å². The van der Waals surface area contributed by atoms with Crippen molar-refractivity contribution in [1.29, 1.82) is 0 Å². The molecule has 2 aliphatic heterocycles. The fourth-order valence-electron chi connectivity index (χ4n) is 2.99. The first-order chi connectivity index (χ1) is 11.6. The molecule has 0 saturated carbocycles. The van der Waals surface area contributed by atoms with Gasteiger partial charge in [0.1, 0.15) is 0 Å². The van der Waals surface area contributed by atoms with E-state index in [9.17, 15) is 9.59 Å². The zero-order valence-corrected chi connectivity index (χ0v) is 14.6. The van der Waals surface area contributed by atoms with Gasteiger partial charge < -0.3 is 20.3 Å². The molecule has 2 amide bonds. The minimum atomic E-state index is -0.382. The molecule has 1 unspecified atom stereocenters. The first kappa shape index (κ1) is 16.7. The predicted octanol–water partition coefficient (Wildman–Crippen LogP) is 2.12. The Labute approximate surface area is 145 Å². The second kappa shape index (κ2) is 7.17. The summed E-state index contributed by atoms with van der Waals surface area (Å²) in [5.74, 6) is 0.591. The third-order valence-electron chi connectivity index (χ3n) is 4.04. The van der Waals surface area contributed by atoms with Crippen molar-refractivity contribution < 1.29 is 14.3 Å². The number of nitrogens with one attached hydrogen (secondary N) is 2. The van der Waals surface area contributed by atoms with Crippen LogP contribution in [-0.4, -0.2) is 43.5 Å². The molecule has 2 N–H and O–H groups in total. The van der Waals surface area contributed by atoms with E-state index in [4.69, 9.17) is 4.74 Å². The minimum Gasteiger partial charge on any atom is -0.463 e. The Morgan fingerprint density at radius 2 is 2.21 bits per heavy atom. The Morgan fingerprint density at radius 1 is 1.42 bits per heavy atom. The van der Waals surface area contributed by atoms with Crippen LogP contribution in [0, 0.1) is 0 Å².